The van der Waals surface area contributed by atoms with Crippen LogP contribution < -0.4 is 5.32 Å². The van der Waals surface area contributed by atoms with Crippen LogP contribution in [0, 0.1) is 10.8 Å². The maximum Gasteiger partial charge on any atom is 0.407 e. The standard InChI is InChI=1S/C27H30N2O5/c1-26(2)16-29(22(26)23(30)31)24(32)27(12-7-13-27)15-28-25(33)34-14-21-19-10-5-3-8-17(19)18-9-4-6-11-20(18)21/h3-6,8-11,21-22H,7,12-16H2,1-2H3,(H,28,33)(H,30,31). The van der Waals surface area contributed by atoms with Gasteiger partial charge in [0.2, 0.25) is 5.91 Å². The summed E-state index contributed by atoms with van der Waals surface area (Å²) < 4.78 is 5.61. The summed E-state index contributed by atoms with van der Waals surface area (Å²) in [5.74, 6) is -1.19. The highest BCUT2D eigenvalue weighted by Crippen LogP contribution is 2.47. The Kier molecular flexibility index (Phi) is 5.38. The molecule has 0 bridgehead atoms. The number of rotatable bonds is 6. The maximum absolute atomic E-state index is 13.3. The molecule has 1 unspecified atom stereocenters. The summed E-state index contributed by atoms with van der Waals surface area (Å²) in [6, 6.07) is 15.5. The Morgan fingerprint density at radius 3 is 2.12 bits per heavy atom. The summed E-state index contributed by atoms with van der Waals surface area (Å²) >= 11 is 0. The van der Waals surface area contributed by atoms with Crippen LogP contribution in [0.2, 0.25) is 0 Å². The van der Waals surface area contributed by atoms with Gasteiger partial charge in [-0.2, -0.15) is 0 Å². The number of carbonyl (C=O) groups is 3. The first-order valence-corrected chi connectivity index (χ1v) is 11.9. The predicted octanol–water partition coefficient (Wildman–Crippen LogP) is 4.02. The van der Waals surface area contributed by atoms with Gasteiger partial charge in [-0.05, 0) is 35.1 Å². The number of nitrogens with one attached hydrogen (secondary N) is 1. The lowest BCUT2D eigenvalue weighted by molar-refractivity contribution is -0.180. The second-order valence-electron chi connectivity index (χ2n) is 10.5. The summed E-state index contributed by atoms with van der Waals surface area (Å²) in [5, 5.41) is 12.4. The lowest BCUT2D eigenvalue weighted by atomic mass is 9.65. The molecule has 1 saturated heterocycles. The summed E-state index contributed by atoms with van der Waals surface area (Å²) in [5.41, 5.74) is 3.42. The smallest absolute Gasteiger partial charge is 0.407 e. The number of hydrogen-bond donors (Lipinski definition) is 2. The van der Waals surface area contributed by atoms with E-state index in [0.29, 0.717) is 19.4 Å². The van der Waals surface area contributed by atoms with E-state index < -0.39 is 28.9 Å². The fourth-order valence-corrected chi connectivity index (χ4v) is 5.85. The van der Waals surface area contributed by atoms with E-state index in [1.165, 1.54) is 4.90 Å². The largest absolute Gasteiger partial charge is 0.480 e. The van der Waals surface area contributed by atoms with Crippen molar-refractivity contribution < 1.29 is 24.2 Å². The van der Waals surface area contributed by atoms with E-state index in [9.17, 15) is 19.5 Å². The number of carboxylic acids is 1. The van der Waals surface area contributed by atoms with E-state index in [0.717, 1.165) is 28.7 Å². The molecule has 0 spiro atoms. The topological polar surface area (TPSA) is 95.9 Å². The first-order valence-electron chi connectivity index (χ1n) is 11.9. The van der Waals surface area contributed by atoms with Gasteiger partial charge in [-0.25, -0.2) is 9.59 Å². The van der Waals surface area contributed by atoms with E-state index in [1.807, 2.05) is 38.1 Å². The van der Waals surface area contributed by atoms with Gasteiger partial charge in [0.15, 0.2) is 0 Å². The number of amides is 2. The molecule has 1 saturated carbocycles. The maximum atomic E-state index is 13.3. The molecule has 2 fully saturated rings. The van der Waals surface area contributed by atoms with Gasteiger partial charge < -0.3 is 20.1 Å². The van der Waals surface area contributed by atoms with Gasteiger partial charge in [0.05, 0.1) is 5.41 Å². The monoisotopic (exact) mass is 462 g/mol. The number of alkyl carbamates (subject to hydrolysis) is 1. The molecule has 1 aliphatic heterocycles. The Morgan fingerprint density at radius 2 is 1.62 bits per heavy atom. The van der Waals surface area contributed by atoms with Gasteiger partial charge in [-0.1, -0.05) is 68.8 Å². The molecule has 2 aromatic carbocycles. The van der Waals surface area contributed by atoms with Gasteiger partial charge >= 0.3 is 12.1 Å². The number of likely N-dealkylation sites (tertiary alicyclic amines) is 1. The summed E-state index contributed by atoms with van der Waals surface area (Å²) in [6.45, 7) is 4.50. The van der Waals surface area contributed by atoms with Gasteiger partial charge in [0.25, 0.3) is 0 Å². The Hall–Kier alpha value is -3.35. The fourth-order valence-electron chi connectivity index (χ4n) is 5.85. The van der Waals surface area contributed by atoms with Gasteiger partial charge in [0, 0.05) is 24.4 Å². The minimum atomic E-state index is -0.983. The van der Waals surface area contributed by atoms with Crippen molar-refractivity contribution in [3.05, 3.63) is 59.7 Å². The Labute approximate surface area is 199 Å². The van der Waals surface area contributed by atoms with Gasteiger partial charge in [-0.15, -0.1) is 0 Å². The average molecular weight is 463 g/mol. The SMILES string of the molecule is CC1(C)CN(C(=O)C2(CNC(=O)OCC3c4ccccc4-c4ccccc43)CCC2)C1C(=O)O. The highest BCUT2D eigenvalue weighted by Gasteiger charge is 2.57. The van der Waals surface area contributed by atoms with Crippen LogP contribution in [-0.4, -0.2) is 53.7 Å². The zero-order valence-corrected chi connectivity index (χ0v) is 19.5. The zero-order valence-electron chi connectivity index (χ0n) is 19.5. The first kappa shape index (κ1) is 22.4. The minimum Gasteiger partial charge on any atom is -0.480 e. The minimum absolute atomic E-state index is 0.0305. The molecule has 178 valence electrons. The van der Waals surface area contributed by atoms with E-state index in [-0.39, 0.29) is 25.0 Å². The van der Waals surface area contributed by atoms with Gasteiger partial charge in [-0.3, -0.25) is 4.79 Å². The third kappa shape index (κ3) is 3.54. The lowest BCUT2D eigenvalue weighted by Crippen LogP contribution is -2.70. The van der Waals surface area contributed by atoms with Crippen molar-refractivity contribution in [2.45, 2.75) is 45.1 Å². The van der Waals surface area contributed by atoms with Crippen LogP contribution in [0.25, 0.3) is 11.1 Å². The first-order chi connectivity index (χ1) is 16.2. The normalized spacial score (nSPS) is 21.5. The van der Waals surface area contributed by atoms with Crippen molar-refractivity contribution in [1.82, 2.24) is 10.2 Å². The molecule has 1 heterocycles. The average Bonchev–Trinajstić information content (AvgIpc) is 3.08. The Morgan fingerprint density at radius 1 is 1.03 bits per heavy atom. The zero-order chi connectivity index (χ0) is 24.1. The number of fused-ring (bicyclic) bond motifs is 3. The quantitative estimate of drug-likeness (QED) is 0.676. The Balaban J connectivity index is 1.21. The van der Waals surface area contributed by atoms with Crippen molar-refractivity contribution in [2.24, 2.45) is 10.8 Å². The molecule has 2 amide bonds. The van der Waals surface area contributed by atoms with Crippen LogP contribution in [-0.2, 0) is 14.3 Å². The molecule has 34 heavy (non-hydrogen) atoms. The highest BCUT2D eigenvalue weighted by molar-refractivity contribution is 5.91. The highest BCUT2D eigenvalue weighted by atomic mass is 16.5. The number of benzene rings is 2. The van der Waals surface area contributed by atoms with Crippen LogP contribution >= 0.6 is 0 Å². The molecular weight excluding hydrogens is 432 g/mol. The van der Waals surface area contributed by atoms with Crippen molar-refractivity contribution in [3.8, 4) is 11.1 Å². The van der Waals surface area contributed by atoms with Crippen molar-refractivity contribution in [3.63, 3.8) is 0 Å². The molecule has 3 aliphatic rings. The second-order valence-corrected chi connectivity index (χ2v) is 10.5. The summed E-state index contributed by atoms with van der Waals surface area (Å²) in [6.07, 6.45) is 1.60. The number of carboxylic acid groups (broad SMARTS) is 1. The van der Waals surface area contributed by atoms with Crippen LogP contribution in [0.15, 0.2) is 48.5 Å². The molecule has 7 nitrogen and oxygen atoms in total. The number of carbonyl (C=O) groups excluding carboxylic acids is 2. The third-order valence-corrected chi connectivity index (χ3v) is 7.80. The van der Waals surface area contributed by atoms with E-state index in [2.05, 4.69) is 29.6 Å². The molecule has 0 aromatic heterocycles. The number of nitrogens with zero attached hydrogens (tertiary/aromatic N) is 1. The van der Waals surface area contributed by atoms with E-state index in [4.69, 9.17) is 4.74 Å². The van der Waals surface area contributed by atoms with Crippen LogP contribution in [0.3, 0.4) is 0 Å². The second kappa shape index (κ2) is 8.15. The molecule has 7 heteroatoms. The van der Waals surface area contributed by atoms with Gasteiger partial charge in [0.1, 0.15) is 12.6 Å². The molecule has 2 N–H and O–H groups in total. The number of ether oxygens (including phenoxy) is 1. The molecule has 0 radical (unpaired) electrons. The van der Waals surface area contributed by atoms with Crippen molar-refractivity contribution >= 4 is 18.0 Å². The van der Waals surface area contributed by atoms with Crippen LogP contribution in [0.5, 0.6) is 0 Å². The molecular formula is C27H30N2O5. The molecule has 2 aliphatic carbocycles. The molecule has 2 aromatic rings. The number of hydrogen-bond acceptors (Lipinski definition) is 4. The fraction of sp³-hybridized carbons (Fsp3) is 0.444. The molecule has 5 rings (SSSR count). The number of aliphatic carboxylic acids is 1. The third-order valence-electron chi connectivity index (χ3n) is 7.80. The van der Waals surface area contributed by atoms with Crippen molar-refractivity contribution in [1.29, 1.82) is 0 Å². The summed E-state index contributed by atoms with van der Waals surface area (Å²) in [7, 11) is 0. The van der Waals surface area contributed by atoms with Crippen molar-refractivity contribution in [2.75, 3.05) is 19.7 Å². The molecule has 1 atom stereocenters. The predicted molar refractivity (Wildman–Crippen MR) is 126 cm³/mol. The van der Waals surface area contributed by atoms with E-state index in [1.54, 1.807) is 0 Å². The Bertz CT molecular complexity index is 1110. The van der Waals surface area contributed by atoms with Crippen LogP contribution in [0.4, 0.5) is 4.79 Å². The van der Waals surface area contributed by atoms with Crippen LogP contribution in [0.1, 0.15) is 50.2 Å². The summed E-state index contributed by atoms with van der Waals surface area (Å²) in [4.78, 5) is 39.0. The van der Waals surface area contributed by atoms with E-state index >= 15 is 0 Å². The lowest BCUT2D eigenvalue weighted by Gasteiger charge is -2.55.